The quantitative estimate of drug-likeness (QED) is 0.226. The first-order chi connectivity index (χ1) is 14.5. The van der Waals surface area contributed by atoms with Crippen LogP contribution >= 0.6 is 11.8 Å². The number of aliphatic hydroxyl groups excluding tert-OH is 1. The molecule has 2 rings (SSSR count). The molecular weight excluding hydrogens is 401 g/mol. The van der Waals surface area contributed by atoms with Gasteiger partial charge >= 0.3 is 0 Å². The van der Waals surface area contributed by atoms with Crippen molar-refractivity contribution in [2.45, 2.75) is 51.3 Å². The Bertz CT molecular complexity index is 855. The number of hydrogen-bond acceptors (Lipinski definition) is 5. The van der Waals surface area contributed by atoms with Crippen LogP contribution in [0.2, 0.25) is 0 Å². The molecule has 0 saturated heterocycles. The highest BCUT2D eigenvalue weighted by Gasteiger charge is 2.20. The molecule has 2 aromatic carbocycles. The molecule has 0 aliphatic heterocycles. The Labute approximate surface area is 182 Å². The highest BCUT2D eigenvalue weighted by molar-refractivity contribution is 7.99. The van der Waals surface area contributed by atoms with Crippen LogP contribution in [0.3, 0.4) is 0 Å². The largest absolute Gasteiger partial charge is 0.499 e. The number of aliphatic hydroxyl groups is 1. The molecule has 2 aromatic rings. The summed E-state index contributed by atoms with van der Waals surface area (Å²) in [5.41, 5.74) is 1.23. The van der Waals surface area contributed by atoms with E-state index in [1.54, 1.807) is 42.0 Å². The summed E-state index contributed by atoms with van der Waals surface area (Å²) in [7, 11) is 0. The average Bonchev–Trinajstić information content (AvgIpc) is 2.76. The van der Waals surface area contributed by atoms with Gasteiger partial charge in [0.1, 0.15) is 11.6 Å². The fraction of sp³-hybridized carbons (Fsp3) is 0.417. The highest BCUT2D eigenvalue weighted by Crippen LogP contribution is 2.43. The summed E-state index contributed by atoms with van der Waals surface area (Å²) < 4.78 is 19.6. The van der Waals surface area contributed by atoms with Crippen LogP contribution in [0.5, 0.6) is 11.5 Å². The van der Waals surface area contributed by atoms with Gasteiger partial charge in [0.25, 0.3) is 0 Å². The molecule has 0 amide bonds. The number of carbonyl (C=O) groups excluding carboxylic acids is 1. The molecule has 1 N–H and O–H groups in total. The molecule has 6 heteroatoms. The van der Waals surface area contributed by atoms with Crippen LogP contribution in [-0.2, 0) is 4.79 Å². The number of halogens is 1. The Morgan fingerprint density at radius 3 is 2.27 bits per heavy atom. The van der Waals surface area contributed by atoms with Crippen molar-refractivity contribution in [2.75, 3.05) is 23.7 Å². The number of rotatable bonds is 12. The van der Waals surface area contributed by atoms with Gasteiger partial charge in [-0.3, -0.25) is 0 Å². The standard InChI is InChI=1S/C24H30FNO3S/c1-4-7-13-26(14-8-5-2)21-15-18(22(28)17-27)16-23(30-6-3)24(21)29-20-11-9-19(25)10-12-20/h9-12,15-16,28H,4-8,13-14H2,1-3H3. The Morgan fingerprint density at radius 2 is 1.73 bits per heavy atom. The second-order valence-corrected chi connectivity index (χ2v) is 8.26. The molecule has 162 valence electrons. The van der Waals surface area contributed by atoms with Gasteiger partial charge in [0.2, 0.25) is 5.76 Å². The number of unbranched alkanes of at least 4 members (excludes halogenated alkanes) is 2. The molecule has 0 fully saturated rings. The third kappa shape index (κ3) is 6.54. The molecule has 4 nitrogen and oxygen atoms in total. The Kier molecular flexibility index (Phi) is 9.78. The van der Waals surface area contributed by atoms with Crippen molar-refractivity contribution in [3.05, 3.63) is 47.8 Å². The second kappa shape index (κ2) is 12.3. The molecule has 0 radical (unpaired) electrons. The van der Waals surface area contributed by atoms with Gasteiger partial charge in [-0.15, -0.1) is 11.8 Å². The van der Waals surface area contributed by atoms with Gasteiger partial charge in [0.05, 0.1) is 10.6 Å². The minimum absolute atomic E-state index is 0.324. The van der Waals surface area contributed by atoms with E-state index in [1.165, 1.54) is 12.1 Å². The van der Waals surface area contributed by atoms with E-state index in [4.69, 9.17) is 4.74 Å². The zero-order valence-electron chi connectivity index (χ0n) is 17.9. The number of thioether (sulfide) groups is 1. The third-order valence-corrected chi connectivity index (χ3v) is 5.55. The SMILES string of the molecule is CCCCN(CCCC)c1cc(C(O)=C=O)cc(SCC)c1Oc1ccc(F)cc1. The number of ether oxygens (including phenoxy) is 1. The Hall–Kier alpha value is -2.43. The normalized spacial score (nSPS) is 10.5. The zero-order chi connectivity index (χ0) is 21.9. The molecular formula is C24H30FNO3S. The second-order valence-electron chi connectivity index (χ2n) is 6.96. The minimum atomic E-state index is -0.423. The van der Waals surface area contributed by atoms with E-state index in [0.29, 0.717) is 17.1 Å². The molecule has 0 aliphatic carbocycles. The van der Waals surface area contributed by atoms with Crippen LogP contribution in [0, 0.1) is 5.82 Å². The van der Waals surface area contributed by atoms with E-state index in [9.17, 15) is 14.3 Å². The van der Waals surface area contributed by atoms with Crippen molar-refractivity contribution in [3.8, 4) is 11.5 Å². The van der Waals surface area contributed by atoms with Crippen LogP contribution in [0.1, 0.15) is 52.0 Å². The Morgan fingerprint density at radius 1 is 1.10 bits per heavy atom. The van der Waals surface area contributed by atoms with Crippen LogP contribution in [0.4, 0.5) is 10.1 Å². The lowest BCUT2D eigenvalue weighted by Crippen LogP contribution is -2.26. The van der Waals surface area contributed by atoms with Gasteiger partial charge in [0, 0.05) is 18.7 Å². The average molecular weight is 432 g/mol. The van der Waals surface area contributed by atoms with Gasteiger partial charge < -0.3 is 14.7 Å². The number of anilines is 1. The van der Waals surface area contributed by atoms with Crippen molar-refractivity contribution in [2.24, 2.45) is 0 Å². The maximum Gasteiger partial charge on any atom is 0.208 e. The van der Waals surface area contributed by atoms with Crippen molar-refractivity contribution >= 4 is 29.1 Å². The van der Waals surface area contributed by atoms with Crippen molar-refractivity contribution in [1.82, 2.24) is 0 Å². The first-order valence-corrected chi connectivity index (χ1v) is 11.5. The van der Waals surface area contributed by atoms with Crippen molar-refractivity contribution in [3.63, 3.8) is 0 Å². The maximum atomic E-state index is 13.4. The fourth-order valence-corrected chi connectivity index (χ4v) is 3.85. The van der Waals surface area contributed by atoms with Crippen molar-refractivity contribution in [1.29, 1.82) is 0 Å². The summed E-state index contributed by atoms with van der Waals surface area (Å²) in [5, 5.41) is 10.1. The lowest BCUT2D eigenvalue weighted by molar-refractivity contribution is 0.466. The van der Waals surface area contributed by atoms with E-state index in [2.05, 4.69) is 18.7 Å². The summed E-state index contributed by atoms with van der Waals surface area (Å²) in [6, 6.07) is 9.45. The van der Waals surface area contributed by atoms with E-state index < -0.39 is 5.76 Å². The first-order valence-electron chi connectivity index (χ1n) is 10.5. The van der Waals surface area contributed by atoms with Gasteiger partial charge in [-0.1, -0.05) is 33.6 Å². The van der Waals surface area contributed by atoms with E-state index in [0.717, 1.165) is 55.1 Å². The predicted octanol–water partition coefficient (Wildman–Crippen LogP) is 6.87. The van der Waals surface area contributed by atoms with E-state index >= 15 is 0 Å². The smallest absolute Gasteiger partial charge is 0.208 e. The summed E-state index contributed by atoms with van der Waals surface area (Å²) in [6.45, 7) is 7.98. The molecule has 0 saturated carbocycles. The molecule has 0 bridgehead atoms. The zero-order valence-corrected chi connectivity index (χ0v) is 18.7. The lowest BCUT2D eigenvalue weighted by atomic mass is 10.1. The summed E-state index contributed by atoms with van der Waals surface area (Å²) in [5.74, 6) is 2.82. The Balaban J connectivity index is 2.63. The van der Waals surface area contributed by atoms with Crippen LogP contribution < -0.4 is 9.64 Å². The van der Waals surface area contributed by atoms with Gasteiger partial charge in [-0.25, -0.2) is 9.18 Å². The van der Waals surface area contributed by atoms with Gasteiger partial charge in [-0.2, -0.15) is 0 Å². The summed E-state index contributed by atoms with van der Waals surface area (Å²) in [4.78, 5) is 14.2. The molecule has 0 unspecified atom stereocenters. The predicted molar refractivity (Wildman–Crippen MR) is 123 cm³/mol. The van der Waals surface area contributed by atoms with Crippen molar-refractivity contribution < 1.29 is 19.0 Å². The molecule has 30 heavy (non-hydrogen) atoms. The van der Waals surface area contributed by atoms with Crippen LogP contribution in [0.15, 0.2) is 41.3 Å². The van der Waals surface area contributed by atoms with Crippen LogP contribution in [-0.4, -0.2) is 29.9 Å². The third-order valence-electron chi connectivity index (χ3n) is 4.64. The van der Waals surface area contributed by atoms with E-state index in [-0.39, 0.29) is 5.82 Å². The van der Waals surface area contributed by atoms with Crippen LogP contribution in [0.25, 0.3) is 5.76 Å². The fourth-order valence-electron chi connectivity index (χ4n) is 3.05. The molecule has 0 heterocycles. The number of benzene rings is 2. The van der Waals surface area contributed by atoms with Gasteiger partial charge in [-0.05, 0) is 55.0 Å². The summed E-state index contributed by atoms with van der Waals surface area (Å²) in [6.07, 6.45) is 4.12. The lowest BCUT2D eigenvalue weighted by Gasteiger charge is -2.28. The monoisotopic (exact) mass is 431 g/mol. The number of hydrogen-bond donors (Lipinski definition) is 1. The topological polar surface area (TPSA) is 49.8 Å². The molecule has 0 aromatic heterocycles. The maximum absolute atomic E-state index is 13.4. The molecule has 0 aliphatic rings. The minimum Gasteiger partial charge on any atom is -0.499 e. The number of nitrogens with zero attached hydrogens (tertiary/aromatic N) is 1. The molecule has 0 atom stereocenters. The highest BCUT2D eigenvalue weighted by atomic mass is 32.2. The summed E-state index contributed by atoms with van der Waals surface area (Å²) >= 11 is 1.57. The van der Waals surface area contributed by atoms with Gasteiger partial charge in [0.15, 0.2) is 11.7 Å². The first kappa shape index (κ1) is 23.8. The molecule has 0 spiro atoms. The van der Waals surface area contributed by atoms with E-state index in [1.807, 2.05) is 6.92 Å².